The van der Waals surface area contributed by atoms with Crippen LogP contribution in [0.5, 0.6) is 5.88 Å². The zero-order valence-corrected chi connectivity index (χ0v) is 13.4. The molecule has 1 rings (SSSR count). The molecule has 20 heavy (non-hydrogen) atoms. The molecule has 0 saturated heterocycles. The summed E-state index contributed by atoms with van der Waals surface area (Å²) in [5.41, 5.74) is 0. The van der Waals surface area contributed by atoms with Gasteiger partial charge in [-0.2, -0.15) is 4.98 Å². The van der Waals surface area contributed by atoms with E-state index in [4.69, 9.17) is 4.74 Å². The van der Waals surface area contributed by atoms with Gasteiger partial charge in [-0.05, 0) is 25.4 Å². The largest absolute Gasteiger partial charge is 0.481 e. The molecule has 0 radical (unpaired) electrons. The van der Waals surface area contributed by atoms with Crippen molar-refractivity contribution >= 4 is 5.95 Å². The van der Waals surface area contributed by atoms with Crippen LogP contribution in [-0.4, -0.2) is 47.7 Å². The Morgan fingerprint density at radius 1 is 1.30 bits per heavy atom. The maximum atomic E-state index is 5.11. The third-order valence-electron chi connectivity index (χ3n) is 3.41. The predicted molar refractivity (Wildman–Crippen MR) is 83.2 cm³/mol. The van der Waals surface area contributed by atoms with Crippen LogP contribution >= 0.6 is 0 Å². The lowest BCUT2D eigenvalue weighted by Crippen LogP contribution is -2.41. The third-order valence-corrected chi connectivity index (χ3v) is 3.41. The number of hydrogen-bond donors (Lipinski definition) is 1. The molecule has 5 nitrogen and oxygen atoms in total. The van der Waals surface area contributed by atoms with Gasteiger partial charge in [0.1, 0.15) is 0 Å². The molecule has 5 heteroatoms. The van der Waals surface area contributed by atoms with Gasteiger partial charge < -0.3 is 10.1 Å². The van der Waals surface area contributed by atoms with Crippen molar-refractivity contribution in [2.45, 2.75) is 40.2 Å². The second-order valence-corrected chi connectivity index (χ2v) is 5.31. The molecule has 0 aromatic carbocycles. The highest BCUT2D eigenvalue weighted by Gasteiger charge is 2.17. The standard InChI is InChI=1S/C15H28N4O/c1-6-19(7-2)13(10-12(3)4)11-17-15-16-9-8-14(18-15)20-5/h8-9,12-13H,6-7,10-11H2,1-5H3,(H,16,17,18). The van der Waals surface area contributed by atoms with Crippen molar-refractivity contribution in [3.05, 3.63) is 12.3 Å². The van der Waals surface area contributed by atoms with Crippen LogP contribution in [0, 0.1) is 5.92 Å². The van der Waals surface area contributed by atoms with E-state index in [9.17, 15) is 0 Å². The molecular formula is C15H28N4O. The average molecular weight is 280 g/mol. The summed E-state index contributed by atoms with van der Waals surface area (Å²) in [6, 6.07) is 2.25. The first kappa shape index (κ1) is 16.7. The van der Waals surface area contributed by atoms with Crippen LogP contribution in [-0.2, 0) is 0 Å². The Kier molecular flexibility index (Phi) is 7.30. The zero-order valence-electron chi connectivity index (χ0n) is 13.4. The van der Waals surface area contributed by atoms with Gasteiger partial charge in [0.15, 0.2) is 0 Å². The molecule has 1 unspecified atom stereocenters. The molecule has 0 saturated carbocycles. The van der Waals surface area contributed by atoms with Gasteiger partial charge in [-0.15, -0.1) is 0 Å². The molecular weight excluding hydrogens is 252 g/mol. The Hall–Kier alpha value is -1.36. The van der Waals surface area contributed by atoms with Crippen LogP contribution in [0.25, 0.3) is 0 Å². The highest BCUT2D eigenvalue weighted by atomic mass is 16.5. The molecule has 1 atom stereocenters. The van der Waals surface area contributed by atoms with E-state index >= 15 is 0 Å². The van der Waals surface area contributed by atoms with E-state index in [0.717, 1.165) is 19.6 Å². The summed E-state index contributed by atoms with van der Waals surface area (Å²) in [5.74, 6) is 1.89. The first-order valence-corrected chi connectivity index (χ1v) is 7.45. The van der Waals surface area contributed by atoms with Crippen LogP contribution in [0.15, 0.2) is 12.3 Å². The van der Waals surface area contributed by atoms with E-state index in [2.05, 4.69) is 47.9 Å². The predicted octanol–water partition coefficient (Wildman–Crippen LogP) is 2.65. The van der Waals surface area contributed by atoms with Gasteiger partial charge >= 0.3 is 0 Å². The first-order chi connectivity index (χ1) is 9.60. The van der Waals surface area contributed by atoms with Gasteiger partial charge in [0, 0.05) is 24.8 Å². The Labute approximate surface area is 122 Å². The lowest BCUT2D eigenvalue weighted by molar-refractivity contribution is 0.199. The van der Waals surface area contributed by atoms with Crippen molar-refractivity contribution in [1.82, 2.24) is 14.9 Å². The molecule has 1 N–H and O–H groups in total. The molecule has 0 spiro atoms. The van der Waals surface area contributed by atoms with Crippen molar-refractivity contribution < 1.29 is 4.74 Å². The third kappa shape index (κ3) is 5.33. The molecule has 1 aromatic rings. The second-order valence-electron chi connectivity index (χ2n) is 5.31. The molecule has 0 aliphatic rings. The summed E-state index contributed by atoms with van der Waals surface area (Å²) < 4.78 is 5.11. The van der Waals surface area contributed by atoms with Gasteiger partial charge in [0.25, 0.3) is 0 Å². The van der Waals surface area contributed by atoms with Gasteiger partial charge in [-0.25, -0.2) is 4.98 Å². The summed E-state index contributed by atoms with van der Waals surface area (Å²) in [5, 5.41) is 3.33. The van der Waals surface area contributed by atoms with E-state index in [1.165, 1.54) is 6.42 Å². The second kappa shape index (κ2) is 8.74. The van der Waals surface area contributed by atoms with E-state index in [1.807, 2.05) is 0 Å². The number of methoxy groups -OCH3 is 1. The number of nitrogens with one attached hydrogen (secondary N) is 1. The lowest BCUT2D eigenvalue weighted by atomic mass is 10.0. The number of rotatable bonds is 9. The molecule has 0 aliphatic heterocycles. The molecule has 1 aromatic heterocycles. The zero-order chi connectivity index (χ0) is 15.0. The smallest absolute Gasteiger partial charge is 0.225 e. The van der Waals surface area contributed by atoms with E-state index < -0.39 is 0 Å². The fourth-order valence-corrected chi connectivity index (χ4v) is 2.40. The number of nitrogens with zero attached hydrogens (tertiary/aromatic N) is 3. The minimum Gasteiger partial charge on any atom is -0.481 e. The number of hydrogen-bond acceptors (Lipinski definition) is 5. The lowest BCUT2D eigenvalue weighted by Gasteiger charge is -2.31. The van der Waals surface area contributed by atoms with Crippen molar-refractivity contribution in [2.75, 3.05) is 32.1 Å². The Balaban J connectivity index is 2.64. The average Bonchev–Trinajstić information content (AvgIpc) is 2.45. The van der Waals surface area contributed by atoms with Gasteiger partial charge in [-0.3, -0.25) is 4.90 Å². The van der Waals surface area contributed by atoms with Crippen molar-refractivity contribution in [3.8, 4) is 5.88 Å². The van der Waals surface area contributed by atoms with Gasteiger partial charge in [-0.1, -0.05) is 27.7 Å². The quantitative estimate of drug-likeness (QED) is 0.753. The molecule has 1 heterocycles. The highest BCUT2D eigenvalue weighted by molar-refractivity contribution is 5.27. The molecule has 0 bridgehead atoms. The summed E-state index contributed by atoms with van der Waals surface area (Å²) in [4.78, 5) is 11.0. The Morgan fingerprint density at radius 2 is 2.00 bits per heavy atom. The van der Waals surface area contributed by atoms with Crippen LogP contribution in [0.2, 0.25) is 0 Å². The minimum atomic E-state index is 0.500. The Morgan fingerprint density at radius 3 is 2.55 bits per heavy atom. The SMILES string of the molecule is CCN(CC)C(CNc1nccc(OC)n1)CC(C)C. The molecule has 0 amide bonds. The monoisotopic (exact) mass is 280 g/mol. The van der Waals surface area contributed by atoms with E-state index in [1.54, 1.807) is 19.4 Å². The maximum absolute atomic E-state index is 5.11. The topological polar surface area (TPSA) is 50.3 Å². The highest BCUT2D eigenvalue weighted by Crippen LogP contribution is 2.13. The number of anilines is 1. The maximum Gasteiger partial charge on any atom is 0.225 e. The number of ether oxygens (including phenoxy) is 1. The van der Waals surface area contributed by atoms with Crippen LogP contribution in [0.3, 0.4) is 0 Å². The number of likely N-dealkylation sites (N-methyl/N-ethyl adjacent to an activating group) is 1. The summed E-state index contributed by atoms with van der Waals surface area (Å²) in [6.07, 6.45) is 2.88. The van der Waals surface area contributed by atoms with E-state index in [-0.39, 0.29) is 0 Å². The van der Waals surface area contributed by atoms with E-state index in [0.29, 0.717) is 23.8 Å². The van der Waals surface area contributed by atoms with Crippen molar-refractivity contribution in [2.24, 2.45) is 5.92 Å². The van der Waals surface area contributed by atoms with Gasteiger partial charge in [0.05, 0.1) is 7.11 Å². The fourth-order valence-electron chi connectivity index (χ4n) is 2.40. The molecule has 0 aliphatic carbocycles. The van der Waals surface area contributed by atoms with Crippen LogP contribution < -0.4 is 10.1 Å². The van der Waals surface area contributed by atoms with Crippen LogP contribution in [0.1, 0.15) is 34.1 Å². The summed E-state index contributed by atoms with van der Waals surface area (Å²) in [6.45, 7) is 11.9. The summed E-state index contributed by atoms with van der Waals surface area (Å²) >= 11 is 0. The first-order valence-electron chi connectivity index (χ1n) is 7.45. The van der Waals surface area contributed by atoms with Crippen molar-refractivity contribution in [3.63, 3.8) is 0 Å². The number of aromatic nitrogens is 2. The fraction of sp³-hybridized carbons (Fsp3) is 0.733. The van der Waals surface area contributed by atoms with Gasteiger partial charge in [0.2, 0.25) is 11.8 Å². The normalized spacial score (nSPS) is 12.8. The van der Waals surface area contributed by atoms with Crippen molar-refractivity contribution in [1.29, 1.82) is 0 Å². The molecule has 0 fully saturated rings. The summed E-state index contributed by atoms with van der Waals surface area (Å²) in [7, 11) is 1.61. The molecule has 114 valence electrons. The Bertz CT molecular complexity index is 380. The minimum absolute atomic E-state index is 0.500. The van der Waals surface area contributed by atoms with Crippen LogP contribution in [0.4, 0.5) is 5.95 Å².